The summed E-state index contributed by atoms with van der Waals surface area (Å²) in [7, 11) is 0. The number of ether oxygens (including phenoxy) is 1. The van der Waals surface area contributed by atoms with Gasteiger partial charge in [0.2, 0.25) is 11.9 Å². The summed E-state index contributed by atoms with van der Waals surface area (Å²) in [6.45, 7) is 0. The van der Waals surface area contributed by atoms with Crippen molar-refractivity contribution in [2.75, 3.05) is 5.32 Å². The first-order valence-electron chi connectivity index (χ1n) is 8.62. The molecule has 0 fully saturated rings. The van der Waals surface area contributed by atoms with Crippen molar-refractivity contribution < 1.29 is 14.3 Å². The lowest BCUT2D eigenvalue weighted by molar-refractivity contribution is -0.132. The number of nitrogens with zero attached hydrogens (tertiary/aromatic N) is 3. The number of nitrogens with one attached hydrogen (secondary N) is 1. The van der Waals surface area contributed by atoms with Gasteiger partial charge in [0.1, 0.15) is 0 Å². The predicted octanol–water partition coefficient (Wildman–Crippen LogP) is 2.87. The molecule has 1 aliphatic carbocycles. The van der Waals surface area contributed by atoms with E-state index in [9.17, 15) is 9.59 Å². The number of carbonyl (C=O) groups is 2. The lowest BCUT2D eigenvalue weighted by Gasteiger charge is -2.11. The molecule has 7 nitrogen and oxygen atoms in total. The zero-order valence-corrected chi connectivity index (χ0v) is 14.2. The summed E-state index contributed by atoms with van der Waals surface area (Å²) in [6.07, 6.45) is 6.48. The maximum atomic E-state index is 12.1. The van der Waals surface area contributed by atoms with Crippen LogP contribution in [-0.4, -0.2) is 27.6 Å². The fourth-order valence-corrected chi connectivity index (χ4v) is 3.43. The van der Waals surface area contributed by atoms with E-state index in [2.05, 4.69) is 20.3 Å². The standard InChI is InChI=1S/C20H14N4O3/c25-17-7-12-9-21-20(24-18(12)14-3-1-2-4-16(14)23-17)22-13-6-5-11-10-27-19(26)15(11)8-13/h1-4,8-10H,5-7H2,(H,23,25). The highest BCUT2D eigenvalue weighted by Gasteiger charge is 2.27. The molecule has 0 bridgehead atoms. The molecule has 3 heterocycles. The first-order chi connectivity index (χ1) is 13.2. The fraction of sp³-hybridized carbons (Fsp3) is 0.150. The number of esters is 1. The minimum absolute atomic E-state index is 0.0973. The molecule has 0 saturated carbocycles. The Morgan fingerprint density at radius 3 is 2.96 bits per heavy atom. The largest absolute Gasteiger partial charge is 0.431 e. The monoisotopic (exact) mass is 358 g/mol. The van der Waals surface area contributed by atoms with Crippen LogP contribution in [0.3, 0.4) is 0 Å². The molecule has 7 heteroatoms. The SMILES string of the molecule is O=C1Cc2cnc(N=C3C=C4C(=O)OC=C4CC3)nc2-c2ccccc2N1. The molecule has 27 heavy (non-hydrogen) atoms. The van der Waals surface area contributed by atoms with E-state index in [1.165, 1.54) is 6.26 Å². The molecule has 1 amide bonds. The van der Waals surface area contributed by atoms with Gasteiger partial charge in [0.25, 0.3) is 0 Å². The number of amides is 1. The third kappa shape index (κ3) is 2.73. The summed E-state index contributed by atoms with van der Waals surface area (Å²) in [5.41, 5.74) is 5.21. The Labute approximate surface area is 154 Å². The van der Waals surface area contributed by atoms with Gasteiger partial charge in [0, 0.05) is 28.6 Å². The quantitative estimate of drug-likeness (QED) is 0.791. The van der Waals surface area contributed by atoms with E-state index in [0.29, 0.717) is 30.1 Å². The number of aliphatic imine (C=N–C) groups is 1. The van der Waals surface area contributed by atoms with Crippen molar-refractivity contribution in [1.29, 1.82) is 0 Å². The molecule has 1 aromatic carbocycles. The van der Waals surface area contributed by atoms with Gasteiger partial charge in [0.15, 0.2) is 0 Å². The summed E-state index contributed by atoms with van der Waals surface area (Å²) in [5.74, 6) is -0.137. The van der Waals surface area contributed by atoms with Crippen molar-refractivity contribution in [1.82, 2.24) is 9.97 Å². The van der Waals surface area contributed by atoms with Crippen LogP contribution in [0.1, 0.15) is 18.4 Å². The van der Waals surface area contributed by atoms with E-state index in [1.54, 1.807) is 12.3 Å². The van der Waals surface area contributed by atoms with Crippen LogP contribution in [-0.2, 0) is 20.7 Å². The highest BCUT2D eigenvalue weighted by atomic mass is 16.5. The van der Waals surface area contributed by atoms with E-state index < -0.39 is 0 Å². The predicted molar refractivity (Wildman–Crippen MR) is 98.4 cm³/mol. The zero-order valence-electron chi connectivity index (χ0n) is 14.2. The Balaban J connectivity index is 1.58. The molecule has 3 aliphatic rings. The molecule has 0 spiro atoms. The van der Waals surface area contributed by atoms with Gasteiger partial charge >= 0.3 is 5.97 Å². The number of aromatic nitrogens is 2. The first-order valence-corrected chi connectivity index (χ1v) is 8.62. The van der Waals surface area contributed by atoms with Gasteiger partial charge in [-0.25, -0.2) is 19.8 Å². The van der Waals surface area contributed by atoms with E-state index in [-0.39, 0.29) is 18.3 Å². The van der Waals surface area contributed by atoms with Gasteiger partial charge < -0.3 is 10.1 Å². The summed E-state index contributed by atoms with van der Waals surface area (Å²) in [5, 5.41) is 2.89. The lowest BCUT2D eigenvalue weighted by atomic mass is 9.94. The van der Waals surface area contributed by atoms with Gasteiger partial charge in [-0.15, -0.1) is 0 Å². The Kier molecular flexibility index (Phi) is 3.46. The van der Waals surface area contributed by atoms with Crippen LogP contribution in [0.5, 0.6) is 0 Å². The number of benzene rings is 1. The second-order valence-corrected chi connectivity index (χ2v) is 6.52. The van der Waals surface area contributed by atoms with Gasteiger partial charge in [-0.3, -0.25) is 4.79 Å². The minimum atomic E-state index is -0.348. The summed E-state index contributed by atoms with van der Waals surface area (Å²) < 4.78 is 4.94. The molecule has 5 rings (SSSR count). The molecular weight excluding hydrogens is 344 g/mol. The summed E-state index contributed by atoms with van der Waals surface area (Å²) in [4.78, 5) is 37.3. The number of cyclic esters (lactones) is 1. The molecule has 0 atom stereocenters. The minimum Gasteiger partial charge on any atom is -0.431 e. The molecule has 2 aliphatic heterocycles. The molecule has 1 N–H and O–H groups in total. The van der Waals surface area contributed by atoms with Crippen molar-refractivity contribution in [2.45, 2.75) is 19.3 Å². The van der Waals surface area contributed by atoms with Gasteiger partial charge in [-0.1, -0.05) is 18.2 Å². The molecule has 0 saturated heterocycles. The Morgan fingerprint density at radius 1 is 1.15 bits per heavy atom. The third-order valence-corrected chi connectivity index (χ3v) is 4.74. The van der Waals surface area contributed by atoms with Crippen molar-refractivity contribution in [3.05, 3.63) is 59.5 Å². The fourth-order valence-electron chi connectivity index (χ4n) is 3.43. The van der Waals surface area contributed by atoms with E-state index in [0.717, 1.165) is 28.1 Å². The van der Waals surface area contributed by atoms with Crippen molar-refractivity contribution >= 4 is 29.2 Å². The topological polar surface area (TPSA) is 93.5 Å². The van der Waals surface area contributed by atoms with E-state index in [1.807, 2.05) is 24.3 Å². The molecular formula is C20H14N4O3. The van der Waals surface area contributed by atoms with Crippen LogP contribution >= 0.6 is 0 Å². The van der Waals surface area contributed by atoms with Crippen molar-refractivity contribution in [3.63, 3.8) is 0 Å². The van der Waals surface area contributed by atoms with Crippen LogP contribution < -0.4 is 5.32 Å². The molecule has 132 valence electrons. The van der Waals surface area contributed by atoms with Gasteiger partial charge in [-0.2, -0.15) is 0 Å². The number of rotatable bonds is 1. The highest BCUT2D eigenvalue weighted by Crippen LogP contribution is 2.33. The average Bonchev–Trinajstić information content (AvgIpc) is 2.96. The van der Waals surface area contributed by atoms with Crippen LogP contribution in [0.25, 0.3) is 11.3 Å². The van der Waals surface area contributed by atoms with Crippen molar-refractivity contribution in [3.8, 4) is 11.3 Å². The second kappa shape index (κ2) is 5.98. The smallest absolute Gasteiger partial charge is 0.343 e. The van der Waals surface area contributed by atoms with Crippen molar-refractivity contribution in [2.24, 2.45) is 4.99 Å². The number of hydrogen-bond acceptors (Lipinski definition) is 6. The number of para-hydroxylation sites is 1. The Bertz CT molecular complexity index is 1100. The van der Waals surface area contributed by atoms with Crippen LogP contribution in [0, 0.1) is 0 Å². The molecule has 0 radical (unpaired) electrons. The Morgan fingerprint density at radius 2 is 2.04 bits per heavy atom. The van der Waals surface area contributed by atoms with Crippen LogP contribution in [0.2, 0.25) is 0 Å². The number of carbonyl (C=O) groups excluding carboxylic acids is 2. The number of allylic oxidation sites excluding steroid dienone is 1. The number of hydrogen-bond donors (Lipinski definition) is 1. The summed E-state index contributed by atoms with van der Waals surface area (Å²) in [6, 6.07) is 7.53. The maximum absolute atomic E-state index is 12.1. The third-order valence-electron chi connectivity index (χ3n) is 4.74. The number of anilines is 1. The lowest BCUT2D eigenvalue weighted by Crippen LogP contribution is -2.12. The zero-order chi connectivity index (χ0) is 18.4. The average molecular weight is 358 g/mol. The van der Waals surface area contributed by atoms with Crippen LogP contribution in [0.4, 0.5) is 11.6 Å². The second-order valence-electron chi connectivity index (χ2n) is 6.52. The maximum Gasteiger partial charge on any atom is 0.343 e. The Hall–Kier alpha value is -3.61. The first kappa shape index (κ1) is 15.6. The van der Waals surface area contributed by atoms with Crippen LogP contribution in [0.15, 0.2) is 58.9 Å². The molecule has 0 unspecified atom stereocenters. The highest BCUT2D eigenvalue weighted by molar-refractivity contribution is 6.08. The van der Waals surface area contributed by atoms with E-state index in [4.69, 9.17) is 4.74 Å². The number of fused-ring (bicyclic) bond motifs is 4. The molecule has 1 aromatic heterocycles. The molecule has 2 aromatic rings. The normalized spacial score (nSPS) is 19.2. The van der Waals surface area contributed by atoms with E-state index >= 15 is 0 Å². The summed E-state index contributed by atoms with van der Waals surface area (Å²) >= 11 is 0. The van der Waals surface area contributed by atoms with Gasteiger partial charge in [0.05, 0.1) is 29.6 Å². The van der Waals surface area contributed by atoms with Gasteiger partial charge in [-0.05, 0) is 25.0 Å².